The molecule has 1 saturated carbocycles. The molecule has 1 aliphatic rings. The highest BCUT2D eigenvalue weighted by Crippen LogP contribution is 2.36. The molecular weight excluding hydrogens is 367 g/mol. The van der Waals surface area contributed by atoms with Gasteiger partial charge in [-0.25, -0.2) is 4.39 Å². The average Bonchev–Trinajstić information content (AvgIpc) is 3.20. The molecular formula is C24H31FN2O2. The second kappa shape index (κ2) is 9.40. The highest BCUT2D eigenvalue weighted by molar-refractivity contribution is 6.05. The number of nitrogens with one attached hydrogen (secondary N) is 1. The monoisotopic (exact) mass is 398 g/mol. The maximum absolute atomic E-state index is 14.8. The van der Waals surface area contributed by atoms with Crippen LogP contribution in [-0.2, 0) is 0 Å². The lowest BCUT2D eigenvalue weighted by atomic mass is 9.96. The second-order valence-corrected chi connectivity index (χ2v) is 8.29. The molecule has 1 amide bonds. The number of halogens is 1. The van der Waals surface area contributed by atoms with Gasteiger partial charge in [-0.3, -0.25) is 4.79 Å². The number of anilines is 1. The molecule has 0 heterocycles. The lowest BCUT2D eigenvalue weighted by Crippen LogP contribution is -2.26. The number of ether oxygens (including phenoxy) is 1. The Morgan fingerprint density at radius 3 is 2.52 bits per heavy atom. The fourth-order valence-corrected chi connectivity index (χ4v) is 3.85. The van der Waals surface area contributed by atoms with Crippen LogP contribution in [0.2, 0.25) is 0 Å². The summed E-state index contributed by atoms with van der Waals surface area (Å²) in [7, 11) is 3.63. The third-order valence-corrected chi connectivity index (χ3v) is 5.64. The first-order chi connectivity index (χ1) is 13.9. The summed E-state index contributed by atoms with van der Waals surface area (Å²) < 4.78 is 20.4. The molecule has 0 spiro atoms. The van der Waals surface area contributed by atoms with Crippen LogP contribution in [0, 0.1) is 11.7 Å². The van der Waals surface area contributed by atoms with Gasteiger partial charge < -0.3 is 15.0 Å². The summed E-state index contributed by atoms with van der Waals surface area (Å²) in [5, 5.41) is 3.28. The zero-order valence-electron chi connectivity index (χ0n) is 17.7. The fraction of sp³-hybridized carbons (Fsp3) is 0.458. The van der Waals surface area contributed by atoms with Crippen molar-refractivity contribution < 1.29 is 13.9 Å². The van der Waals surface area contributed by atoms with Crippen LogP contribution in [0.4, 0.5) is 10.1 Å². The average molecular weight is 399 g/mol. The maximum Gasteiger partial charge on any atom is 0.258 e. The van der Waals surface area contributed by atoms with Gasteiger partial charge in [0.15, 0.2) is 0 Å². The van der Waals surface area contributed by atoms with E-state index in [1.807, 2.05) is 19.2 Å². The number of rotatable bonds is 7. The van der Waals surface area contributed by atoms with Crippen molar-refractivity contribution in [2.24, 2.45) is 5.92 Å². The summed E-state index contributed by atoms with van der Waals surface area (Å²) in [5.74, 6) is 1.00. The maximum atomic E-state index is 14.8. The minimum atomic E-state index is -0.235. The smallest absolute Gasteiger partial charge is 0.258 e. The van der Waals surface area contributed by atoms with Crippen LogP contribution in [0.3, 0.4) is 0 Å². The van der Waals surface area contributed by atoms with E-state index in [2.05, 4.69) is 19.2 Å². The van der Waals surface area contributed by atoms with Crippen molar-refractivity contribution in [3.05, 3.63) is 59.4 Å². The second-order valence-electron chi connectivity index (χ2n) is 8.29. The van der Waals surface area contributed by atoms with E-state index in [1.54, 1.807) is 31.3 Å². The van der Waals surface area contributed by atoms with Crippen molar-refractivity contribution in [3.8, 4) is 5.75 Å². The summed E-state index contributed by atoms with van der Waals surface area (Å²) in [4.78, 5) is 14.3. The van der Waals surface area contributed by atoms with E-state index in [1.165, 1.54) is 11.0 Å². The fourth-order valence-electron chi connectivity index (χ4n) is 3.85. The lowest BCUT2D eigenvalue weighted by molar-refractivity contribution is 0.0993. The van der Waals surface area contributed by atoms with Crippen molar-refractivity contribution >= 4 is 11.6 Å². The minimum absolute atomic E-state index is 0.177. The molecule has 0 aliphatic heterocycles. The summed E-state index contributed by atoms with van der Waals surface area (Å²) in [5.41, 5.74) is 1.85. The van der Waals surface area contributed by atoms with Crippen LogP contribution in [0.1, 0.15) is 54.9 Å². The Bertz CT molecular complexity index is 835. The third kappa shape index (κ3) is 5.15. The topological polar surface area (TPSA) is 41.6 Å². The van der Waals surface area contributed by atoms with Gasteiger partial charge in [-0.2, -0.15) is 0 Å². The van der Waals surface area contributed by atoms with Gasteiger partial charge in [-0.05, 0) is 80.1 Å². The predicted molar refractivity (Wildman–Crippen MR) is 115 cm³/mol. The Hall–Kier alpha value is -2.40. The van der Waals surface area contributed by atoms with Gasteiger partial charge in [0.1, 0.15) is 11.6 Å². The Labute approximate surface area is 173 Å². The van der Waals surface area contributed by atoms with Crippen molar-refractivity contribution in [3.63, 3.8) is 0 Å². The molecule has 1 aliphatic carbocycles. The summed E-state index contributed by atoms with van der Waals surface area (Å²) in [6, 6.07) is 12.7. The lowest BCUT2D eigenvalue weighted by Gasteiger charge is -2.20. The van der Waals surface area contributed by atoms with E-state index < -0.39 is 0 Å². The number of carbonyl (C=O) groups excluding carboxylic acids is 1. The number of amides is 1. The van der Waals surface area contributed by atoms with E-state index in [4.69, 9.17) is 4.74 Å². The first kappa shape index (κ1) is 21.3. The molecule has 0 saturated heterocycles. The standard InChI is InChI=1S/C24H31FN2O2/c1-16(2)15-29-21-10-6-17(7-11-21)24(28)27(4)20-9-12-22(23(25)14-20)18-5-8-19(13-18)26-3/h6-7,9-12,14,16,18-19,26H,5,8,13,15H2,1-4H3. The van der Waals surface area contributed by atoms with E-state index in [9.17, 15) is 9.18 Å². The first-order valence-corrected chi connectivity index (χ1v) is 10.4. The molecule has 4 nitrogen and oxygen atoms in total. The van der Waals surface area contributed by atoms with Crippen LogP contribution < -0.4 is 15.0 Å². The molecule has 0 aromatic heterocycles. The summed E-state index contributed by atoms with van der Waals surface area (Å²) in [6.45, 7) is 4.81. The van der Waals surface area contributed by atoms with Crippen molar-refractivity contribution in [1.29, 1.82) is 0 Å². The predicted octanol–water partition coefficient (Wildman–Crippen LogP) is 4.99. The first-order valence-electron chi connectivity index (χ1n) is 10.4. The van der Waals surface area contributed by atoms with Gasteiger partial charge in [0.05, 0.1) is 6.61 Å². The highest BCUT2D eigenvalue weighted by Gasteiger charge is 2.27. The largest absolute Gasteiger partial charge is 0.493 e. The highest BCUT2D eigenvalue weighted by atomic mass is 19.1. The van der Waals surface area contributed by atoms with Crippen LogP contribution in [-0.4, -0.2) is 32.7 Å². The van der Waals surface area contributed by atoms with Crippen molar-refractivity contribution in [1.82, 2.24) is 5.32 Å². The number of carbonyl (C=O) groups is 1. The zero-order valence-corrected chi connectivity index (χ0v) is 17.7. The quantitative estimate of drug-likeness (QED) is 0.714. The molecule has 3 rings (SSSR count). The van der Waals surface area contributed by atoms with Crippen molar-refractivity contribution in [2.45, 2.75) is 45.1 Å². The van der Waals surface area contributed by atoms with Crippen molar-refractivity contribution in [2.75, 3.05) is 25.6 Å². The van der Waals surface area contributed by atoms with E-state index in [-0.39, 0.29) is 17.6 Å². The molecule has 5 heteroatoms. The van der Waals surface area contributed by atoms with Gasteiger partial charge >= 0.3 is 0 Å². The number of benzene rings is 2. The molecule has 2 aromatic rings. The van der Waals surface area contributed by atoms with Crippen LogP contribution in [0.15, 0.2) is 42.5 Å². The number of hydrogen-bond donors (Lipinski definition) is 1. The number of nitrogens with zero attached hydrogens (tertiary/aromatic N) is 1. The molecule has 1 fully saturated rings. The van der Waals surface area contributed by atoms with Crippen LogP contribution in [0.25, 0.3) is 0 Å². The molecule has 2 unspecified atom stereocenters. The minimum Gasteiger partial charge on any atom is -0.493 e. The third-order valence-electron chi connectivity index (χ3n) is 5.64. The van der Waals surface area contributed by atoms with Crippen LogP contribution in [0.5, 0.6) is 5.75 Å². The normalized spacial score (nSPS) is 18.8. The summed E-state index contributed by atoms with van der Waals surface area (Å²) >= 11 is 0. The van der Waals surface area contributed by atoms with Gasteiger partial charge in [0.25, 0.3) is 5.91 Å². The Kier molecular flexibility index (Phi) is 6.91. The Morgan fingerprint density at radius 2 is 1.93 bits per heavy atom. The molecule has 1 N–H and O–H groups in total. The number of hydrogen-bond acceptors (Lipinski definition) is 3. The van der Waals surface area contributed by atoms with E-state index >= 15 is 0 Å². The van der Waals surface area contributed by atoms with E-state index in [0.29, 0.717) is 29.8 Å². The Balaban J connectivity index is 1.68. The van der Waals surface area contributed by atoms with Gasteiger partial charge in [-0.15, -0.1) is 0 Å². The SMILES string of the molecule is CNC1CCC(c2ccc(N(C)C(=O)c3ccc(OCC(C)C)cc3)cc2F)C1. The zero-order chi connectivity index (χ0) is 21.0. The molecule has 0 bridgehead atoms. The molecule has 0 radical (unpaired) electrons. The van der Waals surface area contributed by atoms with Gasteiger partial charge in [0.2, 0.25) is 0 Å². The van der Waals surface area contributed by atoms with Gasteiger partial charge in [0, 0.05) is 24.3 Å². The molecule has 156 valence electrons. The molecule has 29 heavy (non-hydrogen) atoms. The van der Waals surface area contributed by atoms with Gasteiger partial charge in [-0.1, -0.05) is 19.9 Å². The molecule has 2 aromatic carbocycles. The molecule has 2 atom stereocenters. The summed E-state index contributed by atoms with van der Waals surface area (Å²) in [6.07, 6.45) is 3.01. The van der Waals surface area contributed by atoms with Crippen LogP contribution >= 0.6 is 0 Å². The Morgan fingerprint density at radius 1 is 1.21 bits per heavy atom. The van der Waals surface area contributed by atoms with E-state index in [0.717, 1.165) is 30.6 Å².